The predicted molar refractivity (Wildman–Crippen MR) is 121 cm³/mol. The molecular weight excluding hydrogens is 465 g/mol. The molecule has 11 nitrogen and oxygen atoms in total. The van der Waals surface area contributed by atoms with Crippen LogP contribution in [0.3, 0.4) is 0 Å². The van der Waals surface area contributed by atoms with Crippen molar-refractivity contribution in [3.63, 3.8) is 0 Å². The van der Waals surface area contributed by atoms with Gasteiger partial charge in [-0.2, -0.15) is 15.2 Å². The molecule has 2 N–H and O–H groups in total. The van der Waals surface area contributed by atoms with Crippen molar-refractivity contribution in [3.05, 3.63) is 78.4 Å². The molecule has 13 heteroatoms. The molecule has 2 heterocycles. The number of sulfonamides is 1. The SMILES string of the molecule is CC1=NN(C(=O)c2ccc(F)cc2)C(=O)C1=NNc1ccc(S(=O)(=O)Nc2ncccn2)cc1. The van der Waals surface area contributed by atoms with E-state index < -0.39 is 27.7 Å². The van der Waals surface area contributed by atoms with Crippen LogP contribution in [0.15, 0.2) is 82.1 Å². The minimum Gasteiger partial charge on any atom is -0.278 e. The van der Waals surface area contributed by atoms with Gasteiger partial charge in [-0.25, -0.2) is 27.5 Å². The minimum absolute atomic E-state index is 0.0380. The van der Waals surface area contributed by atoms with Crippen LogP contribution in [-0.2, 0) is 14.8 Å². The summed E-state index contributed by atoms with van der Waals surface area (Å²) in [5.41, 5.74) is 3.20. The maximum Gasteiger partial charge on any atom is 0.303 e. The van der Waals surface area contributed by atoms with E-state index in [1.54, 1.807) is 6.07 Å². The molecule has 1 aromatic heterocycles. The third-order valence-corrected chi connectivity index (χ3v) is 5.87. The van der Waals surface area contributed by atoms with E-state index in [9.17, 15) is 22.4 Å². The zero-order valence-electron chi connectivity index (χ0n) is 17.5. The van der Waals surface area contributed by atoms with Crippen LogP contribution in [0.25, 0.3) is 0 Å². The van der Waals surface area contributed by atoms with Crippen molar-refractivity contribution in [1.29, 1.82) is 0 Å². The Balaban J connectivity index is 1.45. The molecule has 0 radical (unpaired) electrons. The highest BCUT2D eigenvalue weighted by Crippen LogP contribution is 2.18. The zero-order chi connectivity index (χ0) is 24.3. The number of benzene rings is 2. The normalized spacial score (nSPS) is 14.8. The van der Waals surface area contributed by atoms with E-state index in [0.29, 0.717) is 10.7 Å². The lowest BCUT2D eigenvalue weighted by atomic mass is 10.2. The summed E-state index contributed by atoms with van der Waals surface area (Å²) in [5, 5.41) is 8.59. The van der Waals surface area contributed by atoms with E-state index in [1.807, 2.05) is 0 Å². The number of carbonyl (C=O) groups excluding carboxylic acids is 2. The van der Waals surface area contributed by atoms with Gasteiger partial charge in [0.25, 0.3) is 15.9 Å². The topological polar surface area (TPSA) is 146 Å². The van der Waals surface area contributed by atoms with Gasteiger partial charge in [-0.15, -0.1) is 0 Å². The third-order valence-electron chi connectivity index (χ3n) is 4.52. The van der Waals surface area contributed by atoms with Gasteiger partial charge in [0.15, 0.2) is 5.71 Å². The van der Waals surface area contributed by atoms with Crippen LogP contribution in [0.1, 0.15) is 17.3 Å². The van der Waals surface area contributed by atoms with E-state index in [2.05, 4.69) is 30.3 Å². The van der Waals surface area contributed by atoms with E-state index in [0.717, 1.165) is 12.1 Å². The van der Waals surface area contributed by atoms with Gasteiger partial charge < -0.3 is 0 Å². The molecule has 172 valence electrons. The van der Waals surface area contributed by atoms with Gasteiger partial charge >= 0.3 is 5.91 Å². The second-order valence-corrected chi connectivity index (χ2v) is 8.57. The predicted octanol–water partition coefficient (Wildman–Crippen LogP) is 2.24. The van der Waals surface area contributed by atoms with E-state index in [1.165, 1.54) is 55.7 Å². The van der Waals surface area contributed by atoms with Crippen molar-refractivity contribution in [2.75, 3.05) is 10.1 Å². The van der Waals surface area contributed by atoms with Gasteiger partial charge in [0.2, 0.25) is 5.95 Å². The second kappa shape index (κ2) is 9.15. The van der Waals surface area contributed by atoms with Gasteiger partial charge in [-0.3, -0.25) is 15.0 Å². The van der Waals surface area contributed by atoms with Crippen LogP contribution in [0.4, 0.5) is 16.0 Å². The van der Waals surface area contributed by atoms with Crippen LogP contribution in [-0.4, -0.2) is 46.6 Å². The lowest BCUT2D eigenvalue weighted by molar-refractivity contribution is -0.121. The fourth-order valence-electron chi connectivity index (χ4n) is 2.84. The number of halogens is 1. The largest absolute Gasteiger partial charge is 0.303 e. The highest BCUT2D eigenvalue weighted by molar-refractivity contribution is 7.92. The van der Waals surface area contributed by atoms with Crippen LogP contribution in [0.2, 0.25) is 0 Å². The quantitative estimate of drug-likeness (QED) is 0.405. The molecule has 1 aliphatic rings. The number of hydrogen-bond donors (Lipinski definition) is 2. The first-order chi connectivity index (χ1) is 16.2. The minimum atomic E-state index is -3.90. The molecular formula is C21H16FN7O4S. The number of carbonyl (C=O) groups is 2. The number of imide groups is 1. The molecule has 0 spiro atoms. The molecule has 0 bridgehead atoms. The Kier molecular flexibility index (Phi) is 6.10. The maximum atomic E-state index is 13.1. The zero-order valence-corrected chi connectivity index (χ0v) is 18.3. The first-order valence-corrected chi connectivity index (χ1v) is 11.2. The fraction of sp³-hybridized carbons (Fsp3) is 0.0476. The summed E-state index contributed by atoms with van der Waals surface area (Å²) in [4.78, 5) is 32.7. The number of aromatic nitrogens is 2. The lowest BCUT2D eigenvalue weighted by Gasteiger charge is -2.09. The van der Waals surface area contributed by atoms with E-state index in [4.69, 9.17) is 0 Å². The van der Waals surface area contributed by atoms with Gasteiger partial charge in [-0.05, 0) is 61.5 Å². The molecule has 3 aromatic rings. The van der Waals surface area contributed by atoms with Crippen LogP contribution < -0.4 is 10.1 Å². The lowest BCUT2D eigenvalue weighted by Crippen LogP contribution is -2.33. The number of nitrogens with one attached hydrogen (secondary N) is 2. The Labute approximate surface area is 193 Å². The molecule has 0 atom stereocenters. The van der Waals surface area contributed by atoms with Crippen molar-refractivity contribution in [3.8, 4) is 0 Å². The Morgan fingerprint density at radius 3 is 2.32 bits per heavy atom. The number of hydrogen-bond acceptors (Lipinski definition) is 9. The third kappa shape index (κ3) is 4.78. The average molecular weight is 481 g/mol. The van der Waals surface area contributed by atoms with E-state index >= 15 is 0 Å². The standard InChI is InChI=1S/C21H16FN7O4S/c1-13-18(20(31)29(27-13)19(30)14-3-5-15(22)6-4-14)26-25-16-7-9-17(10-8-16)34(32,33)28-21-23-11-2-12-24-21/h2-12,25H,1H3,(H,23,24,28). The Bertz CT molecular complexity index is 1410. The van der Waals surface area contributed by atoms with Gasteiger partial charge in [0, 0.05) is 18.0 Å². The molecule has 34 heavy (non-hydrogen) atoms. The second-order valence-electron chi connectivity index (χ2n) is 6.89. The highest BCUT2D eigenvalue weighted by atomic mass is 32.2. The number of anilines is 2. The number of amides is 2. The maximum absolute atomic E-state index is 13.1. The Morgan fingerprint density at radius 2 is 1.68 bits per heavy atom. The monoisotopic (exact) mass is 481 g/mol. The van der Waals surface area contributed by atoms with Crippen LogP contribution in [0, 0.1) is 5.82 Å². The molecule has 2 aromatic carbocycles. The summed E-state index contributed by atoms with van der Waals surface area (Å²) in [6.07, 6.45) is 2.81. The average Bonchev–Trinajstić information content (AvgIpc) is 3.11. The summed E-state index contributed by atoms with van der Waals surface area (Å²) in [6, 6.07) is 11.8. The first-order valence-electron chi connectivity index (χ1n) is 9.68. The van der Waals surface area contributed by atoms with Crippen molar-refractivity contribution in [2.45, 2.75) is 11.8 Å². The van der Waals surface area contributed by atoms with Gasteiger partial charge in [0.05, 0.1) is 16.3 Å². The molecule has 0 unspecified atom stereocenters. The number of nitrogens with zero attached hydrogens (tertiary/aromatic N) is 5. The van der Waals surface area contributed by atoms with E-state index in [-0.39, 0.29) is 27.8 Å². The van der Waals surface area contributed by atoms with Crippen molar-refractivity contribution < 1.29 is 22.4 Å². The smallest absolute Gasteiger partial charge is 0.278 e. The van der Waals surface area contributed by atoms with Crippen molar-refractivity contribution in [1.82, 2.24) is 15.0 Å². The van der Waals surface area contributed by atoms with Gasteiger partial charge in [-0.1, -0.05) is 0 Å². The fourth-order valence-corrected chi connectivity index (χ4v) is 3.80. The Morgan fingerprint density at radius 1 is 1.03 bits per heavy atom. The van der Waals surface area contributed by atoms with Crippen molar-refractivity contribution in [2.24, 2.45) is 10.2 Å². The number of hydrazone groups is 2. The van der Waals surface area contributed by atoms with Crippen LogP contribution >= 0.6 is 0 Å². The highest BCUT2D eigenvalue weighted by Gasteiger charge is 2.34. The molecule has 1 aliphatic heterocycles. The number of rotatable bonds is 6. The molecule has 0 fully saturated rings. The first kappa shape index (κ1) is 22.7. The molecule has 0 saturated carbocycles. The van der Waals surface area contributed by atoms with Gasteiger partial charge in [0.1, 0.15) is 5.82 Å². The summed E-state index contributed by atoms with van der Waals surface area (Å²) < 4.78 is 40.2. The summed E-state index contributed by atoms with van der Waals surface area (Å²) in [5.74, 6) is -2.06. The Hall–Kier alpha value is -4.52. The molecule has 0 saturated heterocycles. The molecule has 2 amide bonds. The summed E-state index contributed by atoms with van der Waals surface area (Å²) in [6.45, 7) is 1.50. The summed E-state index contributed by atoms with van der Waals surface area (Å²) >= 11 is 0. The summed E-state index contributed by atoms with van der Waals surface area (Å²) in [7, 11) is -3.90. The molecule has 4 rings (SSSR count). The molecule has 0 aliphatic carbocycles. The van der Waals surface area contributed by atoms with Crippen LogP contribution in [0.5, 0.6) is 0 Å². The van der Waals surface area contributed by atoms with Crippen molar-refractivity contribution >= 4 is 44.9 Å².